The molecule has 7 nitrogen and oxygen atoms in total. The van der Waals surface area contributed by atoms with Crippen LogP contribution in [0.1, 0.15) is 29.7 Å². The van der Waals surface area contributed by atoms with E-state index in [0.29, 0.717) is 5.92 Å². The van der Waals surface area contributed by atoms with Gasteiger partial charge in [0.1, 0.15) is 11.6 Å². The summed E-state index contributed by atoms with van der Waals surface area (Å²) in [5, 5.41) is 7.40. The zero-order valence-electron chi connectivity index (χ0n) is 18.0. The molecule has 0 saturated carbocycles. The Kier molecular flexibility index (Phi) is 6.40. The second-order valence-electron chi connectivity index (χ2n) is 8.09. The van der Waals surface area contributed by atoms with Gasteiger partial charge in [0.25, 0.3) is 0 Å². The van der Waals surface area contributed by atoms with Crippen LogP contribution in [0.4, 0.5) is 11.6 Å². The van der Waals surface area contributed by atoms with Crippen molar-refractivity contribution < 1.29 is 4.79 Å². The Morgan fingerprint density at radius 1 is 1.23 bits per heavy atom. The van der Waals surface area contributed by atoms with Crippen LogP contribution in [0.2, 0.25) is 0 Å². The first kappa shape index (κ1) is 20.8. The Bertz CT molecular complexity index is 1070. The summed E-state index contributed by atoms with van der Waals surface area (Å²) < 4.78 is 1.73. The summed E-state index contributed by atoms with van der Waals surface area (Å²) in [5.74, 6) is 2.25. The molecule has 1 aliphatic rings. The van der Waals surface area contributed by atoms with Gasteiger partial charge in [-0.2, -0.15) is 5.10 Å². The summed E-state index contributed by atoms with van der Waals surface area (Å²) in [4.78, 5) is 23.3. The van der Waals surface area contributed by atoms with Crippen LogP contribution >= 0.6 is 0 Å². The van der Waals surface area contributed by atoms with Crippen molar-refractivity contribution in [1.82, 2.24) is 24.6 Å². The lowest BCUT2D eigenvalue weighted by atomic mass is 9.90. The molecule has 0 spiro atoms. The summed E-state index contributed by atoms with van der Waals surface area (Å²) in [6, 6.07) is 10.1. The SMILES string of the molecule is Cc1cccc(Nc2cc(CC3CCN(C(=O)/C=C/c4cnn(C)c4)CC3)ccn2)n1. The first-order valence-corrected chi connectivity index (χ1v) is 10.7. The molecular weight excluding hydrogens is 388 g/mol. The topological polar surface area (TPSA) is 75.9 Å². The van der Waals surface area contributed by atoms with Gasteiger partial charge in [-0.25, -0.2) is 9.97 Å². The standard InChI is InChI=1S/C24H28N6O/c1-18-4-3-5-22(27-18)28-23-15-20(8-11-25-23)14-19-9-12-30(13-10-19)24(31)7-6-21-16-26-29(2)17-21/h3-8,11,15-17,19H,9-10,12-14H2,1-2H3,(H,25,27,28)/b7-6+. The molecule has 7 heteroatoms. The van der Waals surface area contributed by atoms with E-state index in [1.165, 1.54) is 5.56 Å². The number of anilines is 2. The molecule has 1 N–H and O–H groups in total. The molecule has 160 valence electrons. The van der Waals surface area contributed by atoms with E-state index in [-0.39, 0.29) is 5.91 Å². The van der Waals surface area contributed by atoms with Crippen LogP contribution in [0.15, 0.2) is 55.0 Å². The smallest absolute Gasteiger partial charge is 0.246 e. The van der Waals surface area contributed by atoms with E-state index >= 15 is 0 Å². The fraction of sp³-hybridized carbons (Fsp3) is 0.333. The normalized spacial score (nSPS) is 14.8. The number of likely N-dealkylation sites (tertiary alicyclic amines) is 1. The minimum atomic E-state index is 0.0726. The van der Waals surface area contributed by atoms with Crippen LogP contribution in [-0.2, 0) is 18.3 Å². The molecule has 4 rings (SSSR count). The summed E-state index contributed by atoms with van der Waals surface area (Å²) in [6.07, 6.45) is 12.0. The second kappa shape index (κ2) is 9.55. The Morgan fingerprint density at radius 3 is 2.81 bits per heavy atom. The van der Waals surface area contributed by atoms with E-state index in [0.717, 1.165) is 55.2 Å². The van der Waals surface area contributed by atoms with Crippen molar-refractivity contribution in [3.05, 3.63) is 71.8 Å². The minimum absolute atomic E-state index is 0.0726. The third kappa shape index (κ3) is 5.78. The van der Waals surface area contributed by atoms with Gasteiger partial charge in [-0.05, 0) is 68.0 Å². The summed E-state index contributed by atoms with van der Waals surface area (Å²) >= 11 is 0. The third-order valence-corrected chi connectivity index (χ3v) is 5.56. The van der Waals surface area contributed by atoms with E-state index in [1.54, 1.807) is 17.0 Å². The van der Waals surface area contributed by atoms with Crippen LogP contribution in [0.5, 0.6) is 0 Å². The highest BCUT2D eigenvalue weighted by Gasteiger charge is 2.22. The van der Waals surface area contributed by atoms with Crippen molar-refractivity contribution >= 4 is 23.6 Å². The number of carbonyl (C=O) groups is 1. The molecule has 0 unspecified atom stereocenters. The lowest BCUT2D eigenvalue weighted by Gasteiger charge is -2.31. The number of pyridine rings is 2. The van der Waals surface area contributed by atoms with E-state index in [4.69, 9.17) is 0 Å². The molecule has 1 saturated heterocycles. The fourth-order valence-corrected chi connectivity index (χ4v) is 3.90. The van der Waals surface area contributed by atoms with Gasteiger partial charge in [-0.15, -0.1) is 0 Å². The molecule has 1 fully saturated rings. The van der Waals surface area contributed by atoms with Gasteiger partial charge < -0.3 is 10.2 Å². The number of rotatable bonds is 6. The van der Waals surface area contributed by atoms with E-state index in [2.05, 4.69) is 32.5 Å². The lowest BCUT2D eigenvalue weighted by Crippen LogP contribution is -2.37. The summed E-state index contributed by atoms with van der Waals surface area (Å²) in [7, 11) is 1.87. The number of hydrogen-bond acceptors (Lipinski definition) is 5. The third-order valence-electron chi connectivity index (χ3n) is 5.56. The highest BCUT2D eigenvalue weighted by molar-refractivity contribution is 5.91. The maximum atomic E-state index is 12.5. The van der Waals surface area contributed by atoms with Crippen molar-refractivity contribution in [2.75, 3.05) is 18.4 Å². The average Bonchev–Trinajstić information content (AvgIpc) is 3.18. The molecule has 0 aromatic carbocycles. The van der Waals surface area contributed by atoms with Crippen LogP contribution in [0, 0.1) is 12.8 Å². The molecule has 0 bridgehead atoms. The summed E-state index contributed by atoms with van der Waals surface area (Å²) in [5.41, 5.74) is 3.16. The second-order valence-corrected chi connectivity index (χ2v) is 8.09. The van der Waals surface area contributed by atoms with Crippen LogP contribution in [-0.4, -0.2) is 43.6 Å². The molecule has 0 aliphatic carbocycles. The summed E-state index contributed by atoms with van der Waals surface area (Å²) in [6.45, 7) is 3.56. The van der Waals surface area contributed by atoms with Gasteiger partial charge in [0, 0.05) is 49.9 Å². The quantitative estimate of drug-likeness (QED) is 0.619. The van der Waals surface area contributed by atoms with Crippen molar-refractivity contribution in [2.45, 2.75) is 26.2 Å². The maximum absolute atomic E-state index is 12.5. The number of amides is 1. The number of nitrogens with one attached hydrogen (secondary N) is 1. The van der Waals surface area contributed by atoms with Crippen molar-refractivity contribution in [1.29, 1.82) is 0 Å². The largest absolute Gasteiger partial charge is 0.339 e. The molecule has 1 amide bonds. The highest BCUT2D eigenvalue weighted by Crippen LogP contribution is 2.23. The van der Waals surface area contributed by atoms with Gasteiger partial charge >= 0.3 is 0 Å². The molecule has 0 radical (unpaired) electrons. The highest BCUT2D eigenvalue weighted by atomic mass is 16.2. The molecule has 3 aromatic heterocycles. The van der Waals surface area contributed by atoms with Crippen LogP contribution < -0.4 is 5.32 Å². The van der Waals surface area contributed by atoms with E-state index in [1.807, 2.05) is 55.5 Å². The molecule has 4 heterocycles. The van der Waals surface area contributed by atoms with Gasteiger partial charge in [0.15, 0.2) is 0 Å². The average molecular weight is 417 g/mol. The zero-order valence-corrected chi connectivity index (χ0v) is 18.0. The molecule has 3 aromatic rings. The lowest BCUT2D eigenvalue weighted by molar-refractivity contribution is -0.127. The first-order valence-electron chi connectivity index (χ1n) is 10.7. The fourth-order valence-electron chi connectivity index (χ4n) is 3.90. The van der Waals surface area contributed by atoms with Crippen molar-refractivity contribution in [3.8, 4) is 0 Å². The maximum Gasteiger partial charge on any atom is 0.246 e. The number of carbonyl (C=O) groups excluding carboxylic acids is 1. The molecule has 1 aliphatic heterocycles. The van der Waals surface area contributed by atoms with Crippen molar-refractivity contribution in [3.63, 3.8) is 0 Å². The molecular formula is C24H28N6O. The Labute approximate surface area is 182 Å². The number of nitrogens with zero attached hydrogens (tertiary/aromatic N) is 5. The number of aryl methyl sites for hydroxylation is 2. The van der Waals surface area contributed by atoms with Gasteiger partial charge in [-0.1, -0.05) is 6.07 Å². The van der Waals surface area contributed by atoms with Gasteiger partial charge in [0.05, 0.1) is 6.20 Å². The van der Waals surface area contributed by atoms with Crippen molar-refractivity contribution in [2.24, 2.45) is 13.0 Å². The van der Waals surface area contributed by atoms with E-state index in [9.17, 15) is 4.79 Å². The van der Waals surface area contributed by atoms with Crippen LogP contribution in [0.3, 0.4) is 0 Å². The number of hydrogen-bond donors (Lipinski definition) is 1. The minimum Gasteiger partial charge on any atom is -0.339 e. The Morgan fingerprint density at radius 2 is 2.06 bits per heavy atom. The van der Waals surface area contributed by atoms with Gasteiger partial charge in [-0.3, -0.25) is 9.48 Å². The zero-order chi connectivity index (χ0) is 21.6. The monoisotopic (exact) mass is 416 g/mol. The predicted molar refractivity (Wildman–Crippen MR) is 122 cm³/mol. The molecule has 31 heavy (non-hydrogen) atoms. The number of piperidine rings is 1. The Hall–Kier alpha value is -3.48. The Balaban J connectivity index is 1.28. The molecule has 0 atom stereocenters. The van der Waals surface area contributed by atoms with Gasteiger partial charge in [0.2, 0.25) is 5.91 Å². The first-order chi connectivity index (χ1) is 15.0. The van der Waals surface area contributed by atoms with Crippen LogP contribution in [0.25, 0.3) is 6.08 Å². The van der Waals surface area contributed by atoms with E-state index < -0.39 is 0 Å². The number of aromatic nitrogens is 4. The predicted octanol–water partition coefficient (Wildman–Crippen LogP) is 3.76.